The van der Waals surface area contributed by atoms with Crippen LogP contribution in [0, 0.1) is 17.3 Å². The number of methoxy groups -OCH3 is 1. The minimum Gasteiger partial charge on any atom is -0.465 e. The lowest BCUT2D eigenvalue weighted by Gasteiger charge is -2.29. The second kappa shape index (κ2) is 7.68. The SMILES string of the molecule is COCC(C)(COC(=O)C1CCC2OC2C1)COC(=O)C1CCC2OC2C1. The van der Waals surface area contributed by atoms with Gasteiger partial charge in [-0.25, -0.2) is 0 Å². The number of fused-ring (bicyclic) bond motifs is 2. The second-order valence-electron chi connectivity index (χ2n) is 8.91. The van der Waals surface area contributed by atoms with Crippen molar-refractivity contribution in [3.63, 3.8) is 0 Å². The molecule has 4 fully saturated rings. The maximum atomic E-state index is 12.4. The fourth-order valence-electron chi connectivity index (χ4n) is 4.44. The summed E-state index contributed by atoms with van der Waals surface area (Å²) < 4.78 is 27.4. The van der Waals surface area contributed by atoms with E-state index in [0.29, 0.717) is 18.8 Å². The largest absolute Gasteiger partial charge is 0.465 e. The molecule has 2 heterocycles. The maximum absolute atomic E-state index is 12.4. The van der Waals surface area contributed by atoms with Gasteiger partial charge in [0.1, 0.15) is 13.2 Å². The van der Waals surface area contributed by atoms with Crippen LogP contribution >= 0.6 is 0 Å². The molecule has 152 valence electrons. The van der Waals surface area contributed by atoms with E-state index < -0.39 is 5.41 Å². The monoisotopic (exact) mass is 382 g/mol. The van der Waals surface area contributed by atoms with E-state index in [1.807, 2.05) is 6.92 Å². The van der Waals surface area contributed by atoms with Crippen molar-refractivity contribution >= 4 is 11.9 Å². The molecule has 0 aromatic heterocycles. The number of hydrogen-bond acceptors (Lipinski definition) is 7. The molecule has 2 saturated heterocycles. The number of ether oxygens (including phenoxy) is 5. The minimum absolute atomic E-state index is 0.0863. The Bertz CT molecular complexity index is 533. The van der Waals surface area contributed by atoms with Crippen LogP contribution in [0.25, 0.3) is 0 Å². The lowest BCUT2D eigenvalue weighted by Crippen LogP contribution is -2.38. The summed E-state index contributed by atoms with van der Waals surface area (Å²) in [6.07, 6.45) is 6.24. The van der Waals surface area contributed by atoms with Gasteiger partial charge in [-0.05, 0) is 38.5 Å². The van der Waals surface area contributed by atoms with Gasteiger partial charge in [0.05, 0.1) is 48.3 Å². The van der Waals surface area contributed by atoms with E-state index in [0.717, 1.165) is 38.5 Å². The molecular weight excluding hydrogens is 352 g/mol. The Morgan fingerprint density at radius 2 is 1.30 bits per heavy atom. The van der Waals surface area contributed by atoms with Crippen LogP contribution in [-0.4, -0.2) is 63.3 Å². The summed E-state index contributed by atoms with van der Waals surface area (Å²) in [4.78, 5) is 24.8. The van der Waals surface area contributed by atoms with E-state index in [9.17, 15) is 9.59 Å². The molecule has 2 aliphatic heterocycles. The fourth-order valence-corrected chi connectivity index (χ4v) is 4.44. The molecule has 4 aliphatic rings. The maximum Gasteiger partial charge on any atom is 0.309 e. The molecule has 0 spiro atoms. The molecule has 6 atom stereocenters. The van der Waals surface area contributed by atoms with Crippen molar-refractivity contribution in [1.29, 1.82) is 0 Å². The van der Waals surface area contributed by atoms with Gasteiger partial charge in [-0.2, -0.15) is 0 Å². The zero-order chi connectivity index (χ0) is 19.0. The smallest absolute Gasteiger partial charge is 0.309 e. The average Bonchev–Trinajstić information content (AvgIpc) is 3.57. The van der Waals surface area contributed by atoms with E-state index >= 15 is 0 Å². The van der Waals surface area contributed by atoms with Crippen molar-refractivity contribution in [3.05, 3.63) is 0 Å². The zero-order valence-corrected chi connectivity index (χ0v) is 16.2. The van der Waals surface area contributed by atoms with Crippen molar-refractivity contribution in [2.24, 2.45) is 17.3 Å². The van der Waals surface area contributed by atoms with Crippen molar-refractivity contribution in [2.45, 2.75) is 69.9 Å². The van der Waals surface area contributed by atoms with Gasteiger partial charge >= 0.3 is 11.9 Å². The van der Waals surface area contributed by atoms with Crippen LogP contribution < -0.4 is 0 Å². The van der Waals surface area contributed by atoms with Gasteiger partial charge in [0.25, 0.3) is 0 Å². The number of rotatable bonds is 8. The Morgan fingerprint density at radius 1 is 0.815 bits per heavy atom. The van der Waals surface area contributed by atoms with Crippen LogP contribution in [-0.2, 0) is 33.3 Å². The highest BCUT2D eigenvalue weighted by atomic mass is 16.6. The van der Waals surface area contributed by atoms with Crippen molar-refractivity contribution < 1.29 is 33.3 Å². The van der Waals surface area contributed by atoms with Crippen molar-refractivity contribution in [1.82, 2.24) is 0 Å². The van der Waals surface area contributed by atoms with Crippen LogP contribution in [0.15, 0.2) is 0 Å². The van der Waals surface area contributed by atoms with Crippen LogP contribution in [0.2, 0.25) is 0 Å². The summed E-state index contributed by atoms with van der Waals surface area (Å²) in [7, 11) is 1.60. The highest BCUT2D eigenvalue weighted by molar-refractivity contribution is 5.73. The topological polar surface area (TPSA) is 86.9 Å². The number of carbonyl (C=O) groups excluding carboxylic acids is 2. The summed E-state index contributed by atoms with van der Waals surface area (Å²) in [5, 5.41) is 0. The van der Waals surface area contributed by atoms with E-state index in [-0.39, 0.29) is 49.2 Å². The summed E-state index contributed by atoms with van der Waals surface area (Å²) in [6, 6.07) is 0. The molecule has 0 radical (unpaired) electrons. The first-order valence-electron chi connectivity index (χ1n) is 10.1. The van der Waals surface area contributed by atoms with Crippen LogP contribution in [0.1, 0.15) is 45.4 Å². The summed E-state index contributed by atoms with van der Waals surface area (Å²) >= 11 is 0. The van der Waals surface area contributed by atoms with Crippen molar-refractivity contribution in [3.8, 4) is 0 Å². The molecule has 7 nitrogen and oxygen atoms in total. The third-order valence-corrected chi connectivity index (χ3v) is 6.29. The third-order valence-electron chi connectivity index (χ3n) is 6.29. The van der Waals surface area contributed by atoms with Gasteiger partial charge in [-0.15, -0.1) is 0 Å². The van der Waals surface area contributed by atoms with Gasteiger partial charge in [0.2, 0.25) is 0 Å². The molecule has 7 heteroatoms. The molecule has 0 bridgehead atoms. The molecule has 6 unspecified atom stereocenters. The Labute approximate surface area is 160 Å². The van der Waals surface area contributed by atoms with Gasteiger partial charge in [-0.3, -0.25) is 9.59 Å². The Morgan fingerprint density at radius 3 is 1.70 bits per heavy atom. The molecule has 0 aromatic rings. The van der Waals surface area contributed by atoms with E-state index in [2.05, 4.69) is 0 Å². The standard InChI is InChI=1S/C20H30O7/c1-20(9-23-2,10-24-18(21)12-3-5-14-16(7-12)26-14)11-25-19(22)13-4-6-15-17(8-13)27-15/h12-17H,3-11H2,1-2H3. The average molecular weight is 382 g/mol. The van der Waals surface area contributed by atoms with Gasteiger partial charge in [0.15, 0.2) is 0 Å². The van der Waals surface area contributed by atoms with Crippen LogP contribution in [0.4, 0.5) is 0 Å². The molecule has 4 rings (SSSR count). The predicted molar refractivity (Wildman–Crippen MR) is 93.9 cm³/mol. The number of hydrogen-bond donors (Lipinski definition) is 0. The first-order chi connectivity index (χ1) is 13.0. The molecule has 27 heavy (non-hydrogen) atoms. The number of carbonyl (C=O) groups is 2. The normalized spacial score (nSPS) is 38.7. The molecule has 2 aliphatic carbocycles. The number of esters is 2. The van der Waals surface area contributed by atoms with Gasteiger partial charge in [0, 0.05) is 7.11 Å². The van der Waals surface area contributed by atoms with Crippen molar-refractivity contribution in [2.75, 3.05) is 26.9 Å². The highest BCUT2D eigenvalue weighted by Gasteiger charge is 2.47. The summed E-state index contributed by atoms with van der Waals surface area (Å²) in [5.41, 5.74) is -0.555. The molecule has 0 aromatic carbocycles. The first-order valence-corrected chi connectivity index (χ1v) is 10.1. The lowest BCUT2D eigenvalue weighted by atomic mass is 9.89. The van der Waals surface area contributed by atoms with Gasteiger partial charge in [-0.1, -0.05) is 6.92 Å². The van der Waals surface area contributed by atoms with Crippen LogP contribution in [0.5, 0.6) is 0 Å². The van der Waals surface area contributed by atoms with Gasteiger partial charge < -0.3 is 23.7 Å². The summed E-state index contributed by atoms with van der Waals surface area (Å²) in [6.45, 7) is 2.62. The fraction of sp³-hybridized carbons (Fsp3) is 0.900. The highest BCUT2D eigenvalue weighted by Crippen LogP contribution is 2.41. The molecule has 2 saturated carbocycles. The van der Waals surface area contributed by atoms with E-state index in [4.69, 9.17) is 23.7 Å². The second-order valence-corrected chi connectivity index (χ2v) is 8.91. The third kappa shape index (κ3) is 4.63. The Hall–Kier alpha value is -1.18. The lowest BCUT2D eigenvalue weighted by molar-refractivity contribution is -0.161. The molecule has 0 N–H and O–H groups in total. The van der Waals surface area contributed by atoms with E-state index in [1.165, 1.54) is 0 Å². The zero-order valence-electron chi connectivity index (χ0n) is 16.2. The quantitative estimate of drug-likeness (QED) is 0.468. The van der Waals surface area contributed by atoms with E-state index in [1.54, 1.807) is 7.11 Å². The Kier molecular flexibility index (Phi) is 5.45. The minimum atomic E-state index is -0.555. The number of epoxide rings is 2. The summed E-state index contributed by atoms with van der Waals surface area (Å²) in [5.74, 6) is -0.530. The van der Waals surface area contributed by atoms with Crippen LogP contribution in [0.3, 0.4) is 0 Å². The Balaban J connectivity index is 1.23. The molecular formula is C20H30O7. The first kappa shape index (κ1) is 19.2. The predicted octanol–water partition coefficient (Wildman–Crippen LogP) is 1.86. The molecule has 0 amide bonds.